The number of nitrogens with one attached hydrogen (secondary N) is 2. The largest absolute Gasteiger partial charge is 0.487 e. The molecule has 0 saturated carbocycles. The minimum absolute atomic E-state index is 0.106. The van der Waals surface area contributed by atoms with E-state index >= 15 is 0 Å². The lowest BCUT2D eigenvalue weighted by Crippen LogP contribution is -2.34. The maximum atomic E-state index is 12.4. The molecule has 0 aliphatic rings. The molecule has 0 aliphatic heterocycles. The average Bonchev–Trinajstić information content (AvgIpc) is 2.66. The molecule has 0 fully saturated rings. The van der Waals surface area contributed by atoms with Crippen LogP contribution in [0.15, 0.2) is 60.7 Å². The van der Waals surface area contributed by atoms with Gasteiger partial charge in [-0.2, -0.15) is 0 Å². The second kappa shape index (κ2) is 9.49. The Morgan fingerprint density at radius 1 is 1.11 bits per heavy atom. The lowest BCUT2D eigenvalue weighted by molar-refractivity contribution is 0.0600. The third-order valence-electron chi connectivity index (χ3n) is 3.38. The van der Waals surface area contributed by atoms with Crippen molar-refractivity contribution in [3.8, 4) is 5.75 Å². The van der Waals surface area contributed by atoms with Crippen molar-refractivity contribution in [3.05, 3.63) is 71.8 Å². The molecule has 0 saturated heterocycles. The van der Waals surface area contributed by atoms with E-state index in [-0.39, 0.29) is 16.2 Å². The zero-order chi connectivity index (χ0) is 19.8. The Bertz CT molecular complexity index is 880. The van der Waals surface area contributed by atoms with Gasteiger partial charge < -0.3 is 14.8 Å². The van der Waals surface area contributed by atoms with Gasteiger partial charge in [-0.1, -0.05) is 24.8 Å². The van der Waals surface area contributed by atoms with E-state index in [4.69, 9.17) is 17.0 Å². The molecule has 0 aromatic heterocycles. The summed E-state index contributed by atoms with van der Waals surface area (Å²) in [5.74, 6) is -0.377. The van der Waals surface area contributed by atoms with Gasteiger partial charge in [0.05, 0.1) is 18.4 Å². The molecule has 0 atom stereocenters. The zero-order valence-corrected chi connectivity index (χ0v) is 15.9. The van der Waals surface area contributed by atoms with E-state index in [1.807, 2.05) is 19.1 Å². The predicted octanol–water partition coefficient (Wildman–Crippen LogP) is 3.55. The number of ether oxygens (including phenoxy) is 2. The van der Waals surface area contributed by atoms with Crippen molar-refractivity contribution in [2.45, 2.75) is 6.92 Å². The standard InChI is InChI=1S/C20H20N2O4S/c1-13(2)12-26-17-10-5-4-9-16(17)21-20(27)22-18(23)14-7-6-8-15(11-14)19(24)25-3/h4-11H,1,12H2,2-3H3,(H2,21,22,23,27). The average molecular weight is 384 g/mol. The van der Waals surface area contributed by atoms with Crippen LogP contribution in [-0.2, 0) is 4.74 Å². The quantitative estimate of drug-likeness (QED) is 0.451. The molecular formula is C20H20N2O4S. The van der Waals surface area contributed by atoms with Crippen molar-refractivity contribution in [2.75, 3.05) is 19.0 Å². The Kier molecular flexibility index (Phi) is 7.08. The molecule has 0 bridgehead atoms. The molecule has 0 unspecified atom stereocenters. The number of amides is 1. The normalized spacial score (nSPS) is 9.85. The van der Waals surface area contributed by atoms with E-state index in [0.717, 1.165) is 5.57 Å². The molecule has 140 valence electrons. The molecule has 6 nitrogen and oxygen atoms in total. The van der Waals surface area contributed by atoms with Crippen molar-refractivity contribution >= 4 is 34.9 Å². The summed E-state index contributed by atoms with van der Waals surface area (Å²) < 4.78 is 10.3. The highest BCUT2D eigenvalue weighted by atomic mass is 32.1. The smallest absolute Gasteiger partial charge is 0.337 e. The van der Waals surface area contributed by atoms with Gasteiger partial charge in [-0.05, 0) is 55.0 Å². The fourth-order valence-corrected chi connectivity index (χ4v) is 2.33. The highest BCUT2D eigenvalue weighted by Crippen LogP contribution is 2.24. The summed E-state index contributed by atoms with van der Waals surface area (Å²) in [5, 5.41) is 5.62. The highest BCUT2D eigenvalue weighted by Gasteiger charge is 2.13. The number of para-hydroxylation sites is 2. The van der Waals surface area contributed by atoms with Gasteiger partial charge in [0.1, 0.15) is 12.4 Å². The van der Waals surface area contributed by atoms with Crippen LogP contribution in [0.2, 0.25) is 0 Å². The molecule has 0 radical (unpaired) electrons. The van der Waals surface area contributed by atoms with Gasteiger partial charge in [0.25, 0.3) is 5.91 Å². The minimum Gasteiger partial charge on any atom is -0.487 e. The maximum absolute atomic E-state index is 12.4. The van der Waals surface area contributed by atoms with E-state index in [0.29, 0.717) is 18.0 Å². The van der Waals surface area contributed by atoms with Gasteiger partial charge in [0.15, 0.2) is 5.11 Å². The van der Waals surface area contributed by atoms with Gasteiger partial charge in [-0.3, -0.25) is 10.1 Å². The van der Waals surface area contributed by atoms with Crippen molar-refractivity contribution in [1.82, 2.24) is 5.32 Å². The van der Waals surface area contributed by atoms with Gasteiger partial charge in [-0.25, -0.2) is 4.79 Å². The van der Waals surface area contributed by atoms with Crippen LogP contribution in [-0.4, -0.2) is 30.7 Å². The molecule has 27 heavy (non-hydrogen) atoms. The van der Waals surface area contributed by atoms with E-state index in [9.17, 15) is 9.59 Å². The molecule has 7 heteroatoms. The van der Waals surface area contributed by atoms with E-state index in [1.165, 1.54) is 13.2 Å². The SMILES string of the molecule is C=C(C)COc1ccccc1NC(=S)NC(=O)c1cccc(C(=O)OC)c1. The van der Waals surface area contributed by atoms with Crippen LogP contribution in [0.25, 0.3) is 0 Å². The number of thiocarbonyl (C=S) groups is 1. The maximum Gasteiger partial charge on any atom is 0.337 e. The topological polar surface area (TPSA) is 76.7 Å². The minimum atomic E-state index is -0.520. The van der Waals surface area contributed by atoms with Crippen LogP contribution in [0.4, 0.5) is 5.69 Å². The zero-order valence-electron chi connectivity index (χ0n) is 15.1. The molecule has 2 N–H and O–H groups in total. The van der Waals surface area contributed by atoms with Gasteiger partial charge in [-0.15, -0.1) is 0 Å². The first kappa shape index (κ1) is 20.1. The van der Waals surface area contributed by atoms with Crippen LogP contribution in [0.5, 0.6) is 5.75 Å². The number of rotatable bonds is 6. The summed E-state index contributed by atoms with van der Waals surface area (Å²) in [4.78, 5) is 24.0. The molecule has 0 aliphatic carbocycles. The van der Waals surface area contributed by atoms with Crippen LogP contribution in [0.3, 0.4) is 0 Å². The Morgan fingerprint density at radius 3 is 2.52 bits per heavy atom. The summed E-state index contributed by atoms with van der Waals surface area (Å²) in [7, 11) is 1.28. The number of hydrogen-bond donors (Lipinski definition) is 2. The number of benzene rings is 2. The summed E-state index contributed by atoms with van der Waals surface area (Å²) in [5.41, 5.74) is 2.06. The highest BCUT2D eigenvalue weighted by molar-refractivity contribution is 7.80. The Hall–Kier alpha value is -3.19. The number of hydrogen-bond acceptors (Lipinski definition) is 5. The Balaban J connectivity index is 2.05. The van der Waals surface area contributed by atoms with Crippen LogP contribution < -0.4 is 15.4 Å². The molecule has 1 amide bonds. The van der Waals surface area contributed by atoms with Crippen LogP contribution >= 0.6 is 12.2 Å². The first-order valence-electron chi connectivity index (χ1n) is 8.07. The van der Waals surface area contributed by atoms with Crippen LogP contribution in [0, 0.1) is 0 Å². The van der Waals surface area contributed by atoms with Crippen molar-refractivity contribution < 1.29 is 19.1 Å². The number of anilines is 1. The predicted molar refractivity (Wildman–Crippen MR) is 108 cm³/mol. The molecule has 0 heterocycles. The first-order chi connectivity index (χ1) is 12.9. The fourth-order valence-electron chi connectivity index (χ4n) is 2.13. The van der Waals surface area contributed by atoms with Crippen LogP contribution in [0.1, 0.15) is 27.6 Å². The fraction of sp³-hybridized carbons (Fsp3) is 0.150. The summed E-state index contributed by atoms with van der Waals surface area (Å²) in [6.45, 7) is 6.04. The second-order valence-electron chi connectivity index (χ2n) is 5.72. The molecule has 0 spiro atoms. The molecule has 2 rings (SSSR count). The van der Waals surface area contributed by atoms with Crippen molar-refractivity contribution in [3.63, 3.8) is 0 Å². The van der Waals surface area contributed by atoms with E-state index in [1.54, 1.807) is 30.3 Å². The Morgan fingerprint density at radius 2 is 1.81 bits per heavy atom. The number of carbonyl (C=O) groups is 2. The Labute approximate surface area is 163 Å². The lowest BCUT2D eigenvalue weighted by Gasteiger charge is -2.14. The van der Waals surface area contributed by atoms with Gasteiger partial charge >= 0.3 is 5.97 Å². The number of esters is 1. The number of carbonyl (C=O) groups excluding carboxylic acids is 2. The summed E-state index contributed by atoms with van der Waals surface area (Å²) in [6.07, 6.45) is 0. The van der Waals surface area contributed by atoms with Crippen molar-refractivity contribution in [1.29, 1.82) is 0 Å². The monoisotopic (exact) mass is 384 g/mol. The van der Waals surface area contributed by atoms with Crippen molar-refractivity contribution in [2.24, 2.45) is 0 Å². The van der Waals surface area contributed by atoms with Gasteiger partial charge in [0.2, 0.25) is 0 Å². The van der Waals surface area contributed by atoms with E-state index < -0.39 is 11.9 Å². The molecular weight excluding hydrogens is 364 g/mol. The lowest BCUT2D eigenvalue weighted by atomic mass is 10.1. The molecule has 2 aromatic carbocycles. The summed E-state index contributed by atoms with van der Waals surface area (Å²) >= 11 is 5.21. The van der Waals surface area contributed by atoms with Gasteiger partial charge in [0, 0.05) is 5.56 Å². The third-order valence-corrected chi connectivity index (χ3v) is 3.59. The van der Waals surface area contributed by atoms with E-state index in [2.05, 4.69) is 21.9 Å². The number of methoxy groups -OCH3 is 1. The third kappa shape index (κ3) is 5.93. The first-order valence-corrected chi connectivity index (χ1v) is 8.48. The molecule has 2 aromatic rings. The summed E-state index contributed by atoms with van der Waals surface area (Å²) in [6, 6.07) is 13.4. The second-order valence-corrected chi connectivity index (χ2v) is 6.13.